The molecule has 0 amide bonds. The minimum Gasteiger partial charge on any atom is -0.372 e. The van der Waals surface area contributed by atoms with E-state index in [1.807, 2.05) is 14.0 Å². The van der Waals surface area contributed by atoms with Gasteiger partial charge in [-0.05, 0) is 43.7 Å². The Kier molecular flexibility index (Phi) is 5.42. The third-order valence-corrected chi connectivity index (χ3v) is 3.18. The van der Waals surface area contributed by atoms with Crippen LogP contribution < -0.4 is 10.2 Å². The molecule has 0 aromatic heterocycles. The summed E-state index contributed by atoms with van der Waals surface area (Å²) in [7, 11) is 2.01. The van der Waals surface area contributed by atoms with Gasteiger partial charge in [0.2, 0.25) is 0 Å². The van der Waals surface area contributed by atoms with Crippen LogP contribution in [-0.4, -0.2) is 19.6 Å². The van der Waals surface area contributed by atoms with Crippen molar-refractivity contribution in [2.75, 3.05) is 18.5 Å². The molecule has 96 valence electrons. The Bertz CT molecular complexity index is 352. The van der Waals surface area contributed by atoms with Crippen LogP contribution in [0.5, 0.6) is 0 Å². The van der Waals surface area contributed by atoms with Crippen molar-refractivity contribution in [3.05, 3.63) is 29.6 Å². The molecular formula is C14H23FN2. The fourth-order valence-electron chi connectivity index (χ4n) is 1.74. The Morgan fingerprint density at radius 1 is 1.29 bits per heavy atom. The average molecular weight is 238 g/mol. The molecule has 1 rings (SSSR count). The molecule has 0 radical (unpaired) electrons. The maximum absolute atomic E-state index is 13.5. The molecule has 0 aliphatic heterocycles. The zero-order chi connectivity index (χ0) is 12.8. The lowest BCUT2D eigenvalue weighted by Crippen LogP contribution is -2.28. The summed E-state index contributed by atoms with van der Waals surface area (Å²) in [5, 5.41) is 3.22. The van der Waals surface area contributed by atoms with Gasteiger partial charge >= 0.3 is 0 Å². The smallest absolute Gasteiger partial charge is 0.125 e. The van der Waals surface area contributed by atoms with Gasteiger partial charge in [-0.25, -0.2) is 4.39 Å². The molecule has 0 aliphatic carbocycles. The van der Waals surface area contributed by atoms with E-state index < -0.39 is 0 Å². The summed E-state index contributed by atoms with van der Waals surface area (Å²) in [6, 6.07) is 5.67. The molecule has 17 heavy (non-hydrogen) atoms. The highest BCUT2D eigenvalue weighted by atomic mass is 19.1. The summed E-state index contributed by atoms with van der Waals surface area (Å²) in [5.41, 5.74) is 1.95. The lowest BCUT2D eigenvalue weighted by atomic mass is 10.1. The molecule has 1 aromatic carbocycles. The van der Waals surface area contributed by atoms with Crippen LogP contribution >= 0.6 is 0 Å². The van der Waals surface area contributed by atoms with Gasteiger partial charge in [0, 0.05) is 25.3 Å². The molecule has 1 atom stereocenters. The normalized spacial score (nSPS) is 12.5. The van der Waals surface area contributed by atoms with Gasteiger partial charge in [0.15, 0.2) is 0 Å². The number of nitrogens with zero attached hydrogens (tertiary/aromatic N) is 1. The van der Waals surface area contributed by atoms with E-state index in [9.17, 15) is 4.39 Å². The average Bonchev–Trinajstić information content (AvgIpc) is 2.33. The minimum atomic E-state index is -0.162. The first kappa shape index (κ1) is 14.0. The van der Waals surface area contributed by atoms with Gasteiger partial charge in [-0.1, -0.05) is 13.8 Å². The fraction of sp³-hybridized carbons (Fsp3) is 0.571. The third-order valence-electron chi connectivity index (χ3n) is 3.18. The van der Waals surface area contributed by atoms with Gasteiger partial charge in [0.25, 0.3) is 0 Å². The SMILES string of the molecule is CCNCc1cc(F)cc(N(C)C(C)CC)c1. The van der Waals surface area contributed by atoms with Crippen molar-refractivity contribution < 1.29 is 4.39 Å². The summed E-state index contributed by atoms with van der Waals surface area (Å²) in [5.74, 6) is -0.162. The fourth-order valence-corrected chi connectivity index (χ4v) is 1.74. The van der Waals surface area contributed by atoms with Crippen LogP contribution in [0.4, 0.5) is 10.1 Å². The van der Waals surface area contributed by atoms with Gasteiger partial charge in [0.05, 0.1) is 0 Å². The largest absolute Gasteiger partial charge is 0.372 e. The predicted molar refractivity (Wildman–Crippen MR) is 71.9 cm³/mol. The summed E-state index contributed by atoms with van der Waals surface area (Å²) in [4.78, 5) is 2.12. The number of nitrogens with one attached hydrogen (secondary N) is 1. The maximum atomic E-state index is 13.5. The van der Waals surface area contributed by atoms with Crippen molar-refractivity contribution in [3.8, 4) is 0 Å². The molecule has 2 nitrogen and oxygen atoms in total. The number of rotatable bonds is 6. The lowest BCUT2D eigenvalue weighted by molar-refractivity contribution is 0.615. The van der Waals surface area contributed by atoms with Crippen molar-refractivity contribution in [2.45, 2.75) is 39.8 Å². The zero-order valence-electron chi connectivity index (χ0n) is 11.3. The van der Waals surface area contributed by atoms with Crippen LogP contribution in [0.2, 0.25) is 0 Å². The van der Waals surface area contributed by atoms with E-state index in [1.165, 1.54) is 0 Å². The highest BCUT2D eigenvalue weighted by Gasteiger charge is 2.10. The van der Waals surface area contributed by atoms with E-state index in [4.69, 9.17) is 0 Å². The highest BCUT2D eigenvalue weighted by Crippen LogP contribution is 2.20. The summed E-state index contributed by atoms with van der Waals surface area (Å²) in [6.45, 7) is 7.95. The van der Waals surface area contributed by atoms with Crippen molar-refractivity contribution >= 4 is 5.69 Å². The van der Waals surface area contributed by atoms with E-state index in [0.29, 0.717) is 6.04 Å². The molecule has 1 aromatic rings. The molecule has 0 heterocycles. The first-order valence-electron chi connectivity index (χ1n) is 6.31. The second-order valence-corrected chi connectivity index (χ2v) is 4.47. The van der Waals surface area contributed by atoms with Crippen LogP contribution in [-0.2, 0) is 6.54 Å². The minimum absolute atomic E-state index is 0.162. The van der Waals surface area contributed by atoms with Crippen molar-refractivity contribution in [3.63, 3.8) is 0 Å². The Hall–Kier alpha value is -1.09. The molecular weight excluding hydrogens is 215 g/mol. The van der Waals surface area contributed by atoms with Crippen LogP contribution in [0.15, 0.2) is 18.2 Å². The Morgan fingerprint density at radius 2 is 2.00 bits per heavy atom. The molecule has 0 bridgehead atoms. The lowest BCUT2D eigenvalue weighted by Gasteiger charge is -2.26. The molecule has 3 heteroatoms. The van der Waals surface area contributed by atoms with Crippen molar-refractivity contribution in [1.82, 2.24) is 5.32 Å². The standard InChI is InChI=1S/C14H23FN2/c1-5-11(3)17(4)14-8-12(10-16-6-2)7-13(15)9-14/h7-9,11,16H,5-6,10H2,1-4H3. The summed E-state index contributed by atoms with van der Waals surface area (Å²) < 4.78 is 13.5. The van der Waals surface area contributed by atoms with Crippen LogP contribution in [0.25, 0.3) is 0 Å². The molecule has 1 N–H and O–H groups in total. The number of anilines is 1. The second kappa shape index (κ2) is 6.60. The van der Waals surface area contributed by atoms with E-state index in [1.54, 1.807) is 12.1 Å². The van der Waals surface area contributed by atoms with Gasteiger partial charge in [-0.2, -0.15) is 0 Å². The number of hydrogen-bond donors (Lipinski definition) is 1. The van der Waals surface area contributed by atoms with E-state index in [0.717, 1.165) is 30.8 Å². The van der Waals surface area contributed by atoms with Crippen molar-refractivity contribution in [2.24, 2.45) is 0 Å². The maximum Gasteiger partial charge on any atom is 0.125 e. The number of benzene rings is 1. The predicted octanol–water partition coefficient (Wildman–Crippen LogP) is 3.17. The molecule has 0 saturated carbocycles. The highest BCUT2D eigenvalue weighted by molar-refractivity contribution is 5.49. The molecule has 0 aliphatic rings. The van der Waals surface area contributed by atoms with Gasteiger partial charge in [-0.15, -0.1) is 0 Å². The summed E-state index contributed by atoms with van der Waals surface area (Å²) >= 11 is 0. The van der Waals surface area contributed by atoms with Crippen molar-refractivity contribution in [1.29, 1.82) is 0 Å². The Balaban J connectivity index is 2.88. The quantitative estimate of drug-likeness (QED) is 0.819. The molecule has 0 fully saturated rings. The number of hydrogen-bond acceptors (Lipinski definition) is 2. The van der Waals surface area contributed by atoms with Crippen LogP contribution in [0.1, 0.15) is 32.8 Å². The van der Waals surface area contributed by atoms with Crippen LogP contribution in [0.3, 0.4) is 0 Å². The molecule has 0 spiro atoms. The van der Waals surface area contributed by atoms with E-state index in [-0.39, 0.29) is 5.82 Å². The first-order chi connectivity index (χ1) is 8.08. The summed E-state index contributed by atoms with van der Waals surface area (Å²) in [6.07, 6.45) is 1.05. The molecule has 1 unspecified atom stereocenters. The second-order valence-electron chi connectivity index (χ2n) is 4.47. The topological polar surface area (TPSA) is 15.3 Å². The van der Waals surface area contributed by atoms with Gasteiger partial charge in [-0.3, -0.25) is 0 Å². The number of halogens is 1. The monoisotopic (exact) mass is 238 g/mol. The molecule has 0 saturated heterocycles. The Morgan fingerprint density at radius 3 is 2.59 bits per heavy atom. The third kappa shape index (κ3) is 4.00. The van der Waals surface area contributed by atoms with E-state index in [2.05, 4.69) is 30.1 Å². The first-order valence-corrected chi connectivity index (χ1v) is 6.31. The zero-order valence-corrected chi connectivity index (χ0v) is 11.3. The Labute approximate surface area is 104 Å². The van der Waals surface area contributed by atoms with E-state index >= 15 is 0 Å². The van der Waals surface area contributed by atoms with Gasteiger partial charge < -0.3 is 10.2 Å². The van der Waals surface area contributed by atoms with Gasteiger partial charge in [0.1, 0.15) is 5.82 Å². The van der Waals surface area contributed by atoms with Crippen LogP contribution in [0, 0.1) is 5.82 Å².